The molecule has 1 unspecified atom stereocenters. The van der Waals surface area contributed by atoms with Crippen molar-refractivity contribution in [1.82, 2.24) is 9.88 Å². The lowest BCUT2D eigenvalue weighted by molar-refractivity contribution is -0.137. The standard InChI is InChI=1S/C25H34N2O3/c1-24-10-9-21-18(5-8-22-25(21,2)15-30-14-23(28)27(22)3)20(24)7-6-19(24)16-11-17(29-4)13-26-12-16/h6,11-13,18,20-22H,5,7-10,14-15H2,1-4H3/t18-,20-,21-,22?,24+,25+/m0/s1. The minimum atomic E-state index is 0.0471. The van der Waals surface area contributed by atoms with Gasteiger partial charge in [-0.15, -0.1) is 0 Å². The van der Waals surface area contributed by atoms with E-state index in [0.717, 1.165) is 18.6 Å². The topological polar surface area (TPSA) is 51.7 Å². The maximum Gasteiger partial charge on any atom is 0.248 e. The number of ether oxygens (including phenoxy) is 2. The molecule has 1 amide bonds. The van der Waals surface area contributed by atoms with E-state index in [0.29, 0.717) is 30.4 Å². The number of allylic oxidation sites excluding steroid dienone is 2. The van der Waals surface area contributed by atoms with Gasteiger partial charge in [0.05, 0.1) is 19.9 Å². The molecule has 4 aliphatic rings. The third kappa shape index (κ3) is 2.77. The number of carbonyl (C=O) groups excluding carboxylic acids is 1. The normalized spacial score (nSPS) is 40.7. The van der Waals surface area contributed by atoms with Gasteiger partial charge < -0.3 is 14.4 Å². The summed E-state index contributed by atoms with van der Waals surface area (Å²) in [5.41, 5.74) is 2.90. The molecule has 3 aliphatic carbocycles. The SMILES string of the molecule is COc1cncc(C2=CC[C@H]3[C@@H]4CCC5N(C)C(=O)COC[C@]5(C)[C@H]4CC[C@]23C)c1. The number of likely N-dealkylation sites (N-methyl/N-ethyl adjacent to an activating group) is 1. The Labute approximate surface area is 179 Å². The largest absolute Gasteiger partial charge is 0.495 e. The van der Waals surface area contributed by atoms with Crippen molar-refractivity contribution < 1.29 is 14.3 Å². The van der Waals surface area contributed by atoms with Crippen LogP contribution in [0.5, 0.6) is 5.75 Å². The molecule has 5 heteroatoms. The van der Waals surface area contributed by atoms with Crippen LogP contribution in [-0.2, 0) is 9.53 Å². The van der Waals surface area contributed by atoms with Gasteiger partial charge in [-0.05, 0) is 72.5 Å². The van der Waals surface area contributed by atoms with Gasteiger partial charge in [-0.25, -0.2) is 0 Å². The highest BCUT2D eigenvalue weighted by Gasteiger charge is 2.59. The van der Waals surface area contributed by atoms with Crippen LogP contribution >= 0.6 is 0 Å². The number of carbonyl (C=O) groups is 1. The fourth-order valence-electron chi connectivity index (χ4n) is 7.60. The lowest BCUT2D eigenvalue weighted by Crippen LogP contribution is -2.58. The first-order valence-corrected chi connectivity index (χ1v) is 11.4. The fraction of sp³-hybridized carbons (Fsp3) is 0.680. The zero-order valence-corrected chi connectivity index (χ0v) is 18.7. The molecule has 0 radical (unpaired) electrons. The van der Waals surface area contributed by atoms with E-state index in [4.69, 9.17) is 9.47 Å². The third-order valence-corrected chi connectivity index (χ3v) is 9.16. The van der Waals surface area contributed by atoms with Gasteiger partial charge in [0.2, 0.25) is 5.91 Å². The second-order valence-corrected chi connectivity index (χ2v) is 10.4. The highest BCUT2D eigenvalue weighted by molar-refractivity contribution is 5.78. The van der Waals surface area contributed by atoms with E-state index in [1.165, 1.54) is 30.4 Å². The second kappa shape index (κ2) is 7.08. The van der Waals surface area contributed by atoms with Crippen LogP contribution in [0.3, 0.4) is 0 Å². The molecule has 6 atom stereocenters. The molecule has 0 spiro atoms. The Morgan fingerprint density at radius 3 is 2.83 bits per heavy atom. The highest BCUT2D eigenvalue weighted by Crippen LogP contribution is 2.65. The van der Waals surface area contributed by atoms with Crippen LogP contribution < -0.4 is 4.74 Å². The molecular weight excluding hydrogens is 376 g/mol. The molecule has 1 aliphatic heterocycles. The van der Waals surface area contributed by atoms with E-state index in [1.807, 2.05) is 18.1 Å². The second-order valence-electron chi connectivity index (χ2n) is 10.4. The molecule has 0 N–H and O–H groups in total. The van der Waals surface area contributed by atoms with Crippen molar-refractivity contribution in [3.05, 3.63) is 30.1 Å². The molecule has 0 aromatic carbocycles. The molecule has 30 heavy (non-hydrogen) atoms. The highest BCUT2D eigenvalue weighted by atomic mass is 16.5. The zero-order chi connectivity index (χ0) is 21.1. The number of pyridine rings is 1. The van der Waals surface area contributed by atoms with Crippen LogP contribution in [0.1, 0.15) is 51.5 Å². The molecular formula is C25H34N2O3. The van der Waals surface area contributed by atoms with E-state index in [2.05, 4.69) is 31.0 Å². The molecule has 3 fully saturated rings. The summed E-state index contributed by atoms with van der Waals surface area (Å²) in [6, 6.07) is 2.44. The Morgan fingerprint density at radius 1 is 1.20 bits per heavy atom. The number of methoxy groups -OCH3 is 1. The molecule has 0 bridgehead atoms. The van der Waals surface area contributed by atoms with Crippen molar-refractivity contribution in [3.63, 3.8) is 0 Å². The number of hydrogen-bond donors (Lipinski definition) is 0. The number of amides is 1. The van der Waals surface area contributed by atoms with E-state index < -0.39 is 0 Å². The quantitative estimate of drug-likeness (QED) is 0.734. The summed E-state index contributed by atoms with van der Waals surface area (Å²) in [6.45, 7) is 5.80. The minimum absolute atomic E-state index is 0.0471. The van der Waals surface area contributed by atoms with Crippen molar-refractivity contribution in [2.75, 3.05) is 27.4 Å². The summed E-state index contributed by atoms with van der Waals surface area (Å²) in [5.74, 6) is 2.91. The van der Waals surface area contributed by atoms with Gasteiger partial charge >= 0.3 is 0 Å². The fourth-order valence-corrected chi connectivity index (χ4v) is 7.60. The van der Waals surface area contributed by atoms with Crippen molar-refractivity contribution >= 4 is 11.5 Å². The van der Waals surface area contributed by atoms with Crippen LogP contribution in [0, 0.1) is 28.6 Å². The van der Waals surface area contributed by atoms with Crippen molar-refractivity contribution in [2.24, 2.45) is 28.6 Å². The monoisotopic (exact) mass is 410 g/mol. The predicted octanol–water partition coefficient (Wildman–Crippen LogP) is 4.18. The number of rotatable bonds is 2. The molecule has 162 valence electrons. The molecule has 2 heterocycles. The van der Waals surface area contributed by atoms with E-state index in [9.17, 15) is 4.79 Å². The molecule has 1 saturated heterocycles. The van der Waals surface area contributed by atoms with Crippen LogP contribution in [0.25, 0.3) is 5.57 Å². The van der Waals surface area contributed by atoms with Gasteiger partial charge in [0.25, 0.3) is 0 Å². The van der Waals surface area contributed by atoms with Crippen LogP contribution in [0.2, 0.25) is 0 Å². The van der Waals surface area contributed by atoms with Gasteiger partial charge in [0.1, 0.15) is 12.4 Å². The summed E-state index contributed by atoms with van der Waals surface area (Å²) >= 11 is 0. The Hall–Kier alpha value is -1.88. The van der Waals surface area contributed by atoms with Gasteiger partial charge in [-0.2, -0.15) is 0 Å². The van der Waals surface area contributed by atoms with E-state index >= 15 is 0 Å². The smallest absolute Gasteiger partial charge is 0.248 e. The van der Waals surface area contributed by atoms with E-state index in [-0.39, 0.29) is 23.3 Å². The molecule has 5 nitrogen and oxygen atoms in total. The third-order valence-electron chi connectivity index (χ3n) is 9.16. The summed E-state index contributed by atoms with van der Waals surface area (Å²) < 4.78 is 11.4. The lowest BCUT2D eigenvalue weighted by atomic mass is 9.48. The summed E-state index contributed by atoms with van der Waals surface area (Å²) in [6.07, 6.45) is 12.1. The maximum atomic E-state index is 12.4. The molecule has 1 aromatic rings. The lowest BCUT2D eigenvalue weighted by Gasteiger charge is -2.59. The average Bonchev–Trinajstić information content (AvgIpc) is 3.05. The Morgan fingerprint density at radius 2 is 2.03 bits per heavy atom. The van der Waals surface area contributed by atoms with Crippen molar-refractivity contribution in [2.45, 2.75) is 52.0 Å². The molecule has 1 aromatic heterocycles. The van der Waals surface area contributed by atoms with E-state index in [1.54, 1.807) is 13.3 Å². The molecule has 2 saturated carbocycles. The van der Waals surface area contributed by atoms with Crippen molar-refractivity contribution in [1.29, 1.82) is 0 Å². The summed E-state index contributed by atoms with van der Waals surface area (Å²) in [4.78, 5) is 18.9. The van der Waals surface area contributed by atoms with Gasteiger partial charge in [0, 0.05) is 24.7 Å². The number of fused-ring (bicyclic) bond motifs is 5. The minimum Gasteiger partial charge on any atom is -0.495 e. The number of hydrogen-bond acceptors (Lipinski definition) is 4. The van der Waals surface area contributed by atoms with Gasteiger partial charge in [-0.3, -0.25) is 9.78 Å². The maximum absolute atomic E-state index is 12.4. The Balaban J connectivity index is 1.45. The van der Waals surface area contributed by atoms with Crippen LogP contribution in [0.15, 0.2) is 24.5 Å². The Kier molecular flexibility index (Phi) is 4.73. The first kappa shape index (κ1) is 20.0. The predicted molar refractivity (Wildman–Crippen MR) is 116 cm³/mol. The first-order valence-electron chi connectivity index (χ1n) is 11.4. The number of aromatic nitrogens is 1. The van der Waals surface area contributed by atoms with Crippen molar-refractivity contribution in [3.8, 4) is 5.75 Å². The van der Waals surface area contributed by atoms with Gasteiger partial charge in [-0.1, -0.05) is 19.9 Å². The average molecular weight is 411 g/mol. The first-order chi connectivity index (χ1) is 14.4. The number of nitrogens with zero attached hydrogens (tertiary/aromatic N) is 2. The van der Waals surface area contributed by atoms with Crippen LogP contribution in [-0.4, -0.2) is 49.2 Å². The van der Waals surface area contributed by atoms with Crippen LogP contribution in [0.4, 0.5) is 0 Å². The summed E-state index contributed by atoms with van der Waals surface area (Å²) in [7, 11) is 3.69. The molecule has 5 rings (SSSR count). The Bertz CT molecular complexity index is 883. The van der Waals surface area contributed by atoms with Gasteiger partial charge in [0.15, 0.2) is 0 Å². The summed E-state index contributed by atoms with van der Waals surface area (Å²) in [5, 5.41) is 0. The zero-order valence-electron chi connectivity index (χ0n) is 18.7.